The van der Waals surface area contributed by atoms with Crippen molar-refractivity contribution in [1.82, 2.24) is 0 Å². The second kappa shape index (κ2) is 49.8. The summed E-state index contributed by atoms with van der Waals surface area (Å²) in [7, 11) is 18.5. The molecule has 1 rings (SSSR count). The van der Waals surface area contributed by atoms with Crippen molar-refractivity contribution in [2.24, 2.45) is 0 Å². The van der Waals surface area contributed by atoms with E-state index in [0.29, 0.717) is 68.3 Å². The Balaban J connectivity index is -0.0000000709. The Labute approximate surface area is 432 Å². The third kappa shape index (κ3) is 73.8. The average molecular weight is 1540 g/mol. The van der Waals surface area contributed by atoms with Gasteiger partial charge in [-0.15, -0.1) is 11.6 Å². The van der Waals surface area contributed by atoms with E-state index < -0.39 is 30.2 Å². The van der Waals surface area contributed by atoms with Crippen LogP contribution in [0.5, 0.6) is 0 Å². The van der Waals surface area contributed by atoms with Crippen LogP contribution in [-0.4, -0.2) is 239 Å². The van der Waals surface area contributed by atoms with Gasteiger partial charge in [0.2, 0.25) is 0 Å². The number of alkyl halides is 1. The number of likely N-dealkylation sites (N-methyl/N-ethyl adjacent to an activating group) is 3. The molecule has 0 aromatic rings. The van der Waals surface area contributed by atoms with E-state index in [1.165, 1.54) is 0 Å². The van der Waals surface area contributed by atoms with Gasteiger partial charge in [0.05, 0.1) is 128 Å². The fraction of sp³-hybridized carbons (Fsp3) is 1.00. The molecule has 0 bridgehead atoms. The molecule has 6 unspecified atom stereocenters. The van der Waals surface area contributed by atoms with Gasteiger partial charge in [0.15, 0.2) is 5.79 Å². The zero-order chi connectivity index (χ0) is 42.2. The van der Waals surface area contributed by atoms with Crippen LogP contribution < -0.4 is 50.5 Å². The molecule has 0 aromatic heterocycles. The summed E-state index contributed by atoms with van der Waals surface area (Å²) in [6.45, 7) is 5.70. The molecule has 1 aliphatic rings. The maximum atomic E-state index is 9.49. The number of halogens is 9. The standard InChI is InChI=1S/2C9H22NO4.C6H11ClO2.C6H16NO2.3ClH.I3.2HI.2V/c1-10(2,3)4-9(6-12)14-7-8(13)5-11;1-10(2,3)4-8(12)6-14-7-9(13)5-11;1-6(2)8-4-5(3-7)9-6;1-7(2,3)4-6(9)5-8;;;;1-3-2;;;;/h2*8-9,11-13H,4-7H2,1-3H3;5H,3-4H2,1-2H3;6,8-9H,4-5H2,1-3H3;3*1H;;2*1H;;/q2*+1;;+1;;;;-1;;;;+2/p-5. The largest absolute Gasteiger partial charge is 0 e. The summed E-state index contributed by atoms with van der Waals surface area (Å²) in [6, 6.07) is 0. The van der Waals surface area contributed by atoms with Crippen LogP contribution in [0.1, 0.15) is 13.8 Å². The molecule has 8 N–H and O–H groups in total. The van der Waals surface area contributed by atoms with Crippen molar-refractivity contribution in [3.63, 3.8) is 0 Å². The SMILES string of the molecule is CC1(C)OCC(CCl)O1.C[N+](C)(C)CC(CO)OCC(O)CO.C[N+](C)(C)CC(O)CO.C[N+](C)(C)CC(O)COCC(O)CO.I[I-]I.[Cl-].[Cl-].[Cl-].[I][V][I].[V]. The van der Waals surface area contributed by atoms with Gasteiger partial charge in [0.1, 0.15) is 50.2 Å². The molecule has 1 saturated heterocycles. The van der Waals surface area contributed by atoms with E-state index in [0.717, 1.165) is 0 Å². The minimum Gasteiger partial charge on any atom is 0 e. The Morgan fingerprint density at radius 2 is 1.04 bits per heavy atom. The van der Waals surface area contributed by atoms with Gasteiger partial charge in [0.25, 0.3) is 0 Å². The Bertz CT molecular complexity index is 783. The fourth-order valence-corrected chi connectivity index (χ4v) is 3.83. The van der Waals surface area contributed by atoms with E-state index in [1.54, 1.807) is 0 Å². The topological polar surface area (TPSA) is 199 Å². The molecule has 6 atom stereocenters. The molecule has 0 saturated carbocycles. The Kier molecular flexibility index (Phi) is 72.5. The van der Waals surface area contributed by atoms with E-state index in [-0.39, 0.29) is 114 Å². The van der Waals surface area contributed by atoms with Gasteiger partial charge in [-0.05, 0) is 13.8 Å². The second-order valence-electron chi connectivity index (χ2n) is 15.0. The predicted octanol–water partition coefficient (Wildman–Crippen LogP) is -11.2. The molecule has 352 valence electrons. The van der Waals surface area contributed by atoms with Crippen molar-refractivity contribution < 1.29 is 152 Å². The third-order valence-electron chi connectivity index (χ3n) is 5.49. The first-order valence-electron chi connectivity index (χ1n) is 16.1. The second-order valence-corrected chi connectivity index (χ2v) is 43.3. The van der Waals surface area contributed by atoms with Crippen LogP contribution in [0.3, 0.4) is 0 Å². The zero-order valence-corrected chi connectivity index (χ0v) is 50.9. The molecule has 1 radical (unpaired) electrons. The number of hydrogen-bond donors (Lipinski definition) is 8. The fourth-order valence-electron chi connectivity index (χ4n) is 3.68. The summed E-state index contributed by atoms with van der Waals surface area (Å²) in [6.07, 6.45) is -3.05. The average Bonchev–Trinajstić information content (AvgIpc) is 3.37. The molecule has 1 fully saturated rings. The van der Waals surface area contributed by atoms with Crippen LogP contribution in [0.25, 0.3) is 0 Å². The first-order chi connectivity index (χ1) is 23.7. The summed E-state index contributed by atoms with van der Waals surface area (Å²) >= 11 is 15.6. The first-order valence-corrected chi connectivity index (χ1v) is 38.2. The van der Waals surface area contributed by atoms with Gasteiger partial charge in [-0.2, -0.15) is 0 Å². The van der Waals surface area contributed by atoms with Gasteiger partial charge in [-0.25, -0.2) is 0 Å². The van der Waals surface area contributed by atoms with Crippen molar-refractivity contribution in [2.75, 3.05) is 142 Å². The number of aliphatic hydroxyl groups is 8. The summed E-state index contributed by atoms with van der Waals surface area (Å²) in [5, 5.41) is 70.9. The van der Waals surface area contributed by atoms with Crippen molar-refractivity contribution in [3.8, 4) is 0 Å². The summed E-state index contributed by atoms with van der Waals surface area (Å²) in [4.78, 5) is 0. The van der Waals surface area contributed by atoms with E-state index in [9.17, 15) is 5.11 Å². The molecule has 1 aliphatic heterocycles. The minimum absolute atomic E-state index is 0. The Morgan fingerprint density at radius 1 is 0.696 bits per heavy atom. The molecule has 0 amide bonds. The zero-order valence-electron chi connectivity index (χ0n) is 34.3. The number of rotatable bonds is 18. The van der Waals surface area contributed by atoms with Crippen LogP contribution >= 0.6 is 88.8 Å². The van der Waals surface area contributed by atoms with Crippen LogP contribution in [0.4, 0.5) is 0 Å². The quantitative estimate of drug-likeness (QED) is 0.0368. The number of ether oxygens (including phenoxy) is 4. The van der Waals surface area contributed by atoms with Gasteiger partial charge in [-0.1, -0.05) is 0 Å². The predicted molar refractivity (Wildman–Crippen MR) is 233 cm³/mol. The normalized spacial score (nSPS) is 16.8. The van der Waals surface area contributed by atoms with E-state index >= 15 is 0 Å². The maximum Gasteiger partial charge on any atom is 0 e. The van der Waals surface area contributed by atoms with Crippen LogP contribution in [0.15, 0.2) is 0 Å². The molecular weight excluding hydrogens is 1470 g/mol. The number of hydrogen-bond acceptors (Lipinski definition) is 12. The van der Waals surface area contributed by atoms with Gasteiger partial charge in [-0.3, -0.25) is 0 Å². The van der Waals surface area contributed by atoms with Crippen molar-refractivity contribution in [3.05, 3.63) is 0 Å². The maximum absolute atomic E-state index is 9.49. The molecule has 26 heteroatoms. The van der Waals surface area contributed by atoms with Gasteiger partial charge < -0.3 is 110 Å². The summed E-state index contributed by atoms with van der Waals surface area (Å²) in [5.41, 5.74) is 0. The molecule has 56 heavy (non-hydrogen) atoms. The molecule has 0 aromatic carbocycles. The van der Waals surface area contributed by atoms with Gasteiger partial charge in [0, 0.05) is 18.6 Å². The molecule has 1 heterocycles. The third-order valence-corrected chi connectivity index (χ3v) is 5.83. The molecule has 0 aliphatic carbocycles. The van der Waals surface area contributed by atoms with Crippen molar-refractivity contribution >= 4 is 88.8 Å². The Hall–Kier alpha value is 5.38. The van der Waals surface area contributed by atoms with Gasteiger partial charge >= 0.3 is 99.9 Å². The van der Waals surface area contributed by atoms with Crippen molar-refractivity contribution in [2.45, 2.75) is 56.3 Å². The monoisotopic (exact) mass is 1540 g/mol. The van der Waals surface area contributed by atoms with E-state index in [4.69, 9.17) is 66.3 Å². The number of quaternary nitrogens is 3. The summed E-state index contributed by atoms with van der Waals surface area (Å²) in [5.74, 6) is 0.100. The van der Waals surface area contributed by atoms with E-state index in [2.05, 4.69) is 77.2 Å². The van der Waals surface area contributed by atoms with E-state index in [1.807, 2.05) is 77.3 Å². The molecule has 15 nitrogen and oxygen atoms in total. The Morgan fingerprint density at radius 3 is 1.29 bits per heavy atom. The number of aliphatic hydroxyl groups excluding tert-OH is 8. The molecular formula is C30H71Cl4I5N3O12V2-. The molecule has 0 spiro atoms. The number of nitrogens with zero attached hydrogens (tertiary/aromatic N) is 3. The van der Waals surface area contributed by atoms with Crippen LogP contribution in [0, 0.1) is 0 Å². The minimum atomic E-state index is -0.864. The van der Waals surface area contributed by atoms with Crippen LogP contribution in [0.2, 0.25) is 0 Å². The van der Waals surface area contributed by atoms with Crippen molar-refractivity contribution in [1.29, 1.82) is 0 Å². The van der Waals surface area contributed by atoms with Crippen LogP contribution in [-0.2, 0) is 47.0 Å². The summed E-state index contributed by atoms with van der Waals surface area (Å²) < 4.78 is 22.9. The smallest absolute Gasteiger partial charge is 0 e. The first kappa shape index (κ1) is 81.6.